The lowest BCUT2D eigenvalue weighted by Crippen LogP contribution is -2.57. The molecule has 1 heterocycles. The number of likely N-dealkylation sites (tertiary alicyclic amines) is 1. The molecule has 0 bridgehead atoms. The Morgan fingerprint density at radius 3 is 2.74 bits per heavy atom. The summed E-state index contributed by atoms with van der Waals surface area (Å²) >= 11 is 0. The lowest BCUT2D eigenvalue weighted by Gasteiger charge is -2.33. The predicted molar refractivity (Wildman–Crippen MR) is 78.2 cm³/mol. The third kappa shape index (κ3) is 5.11. The van der Waals surface area contributed by atoms with Gasteiger partial charge >= 0.3 is 5.97 Å². The highest BCUT2D eigenvalue weighted by Crippen LogP contribution is 2.19. The molecule has 112 valence electrons. The first-order chi connectivity index (χ1) is 9.01. The van der Waals surface area contributed by atoms with Crippen LogP contribution in [0.25, 0.3) is 0 Å². The zero-order valence-corrected chi connectivity index (χ0v) is 13.0. The third-order valence-electron chi connectivity index (χ3n) is 3.94. The van der Waals surface area contributed by atoms with Gasteiger partial charge in [-0.1, -0.05) is 13.8 Å². The Bertz CT molecular complexity index is 283. The molecule has 4 nitrogen and oxygen atoms in total. The van der Waals surface area contributed by atoms with Gasteiger partial charge in [0, 0.05) is 6.54 Å². The summed E-state index contributed by atoms with van der Waals surface area (Å²) in [7, 11) is 0. The van der Waals surface area contributed by atoms with Crippen molar-refractivity contribution in [2.75, 3.05) is 32.8 Å². The van der Waals surface area contributed by atoms with Crippen molar-refractivity contribution >= 4 is 5.97 Å². The summed E-state index contributed by atoms with van der Waals surface area (Å²) in [6, 6.07) is 0. The van der Waals surface area contributed by atoms with Crippen LogP contribution in [0, 0.1) is 5.92 Å². The predicted octanol–water partition coefficient (Wildman–Crippen LogP) is 2.04. The summed E-state index contributed by atoms with van der Waals surface area (Å²) in [4.78, 5) is 14.6. The zero-order chi connectivity index (χ0) is 14.3. The Balaban J connectivity index is 2.63. The standard InChI is InChI=1S/C15H30N2O2/c1-5-16-15(4,14(18)19-6-2)12-17-10-7-8-13(3)9-11-17/h13,16H,5-12H2,1-4H3. The Kier molecular flexibility index (Phi) is 6.80. The molecule has 0 aromatic rings. The number of nitrogens with one attached hydrogen (secondary N) is 1. The molecule has 4 heteroatoms. The molecule has 1 aliphatic rings. The molecule has 0 spiro atoms. The van der Waals surface area contributed by atoms with Gasteiger partial charge in [0.15, 0.2) is 0 Å². The molecule has 1 N–H and O–H groups in total. The number of carbonyl (C=O) groups is 1. The molecule has 2 unspecified atom stereocenters. The maximum Gasteiger partial charge on any atom is 0.327 e. The van der Waals surface area contributed by atoms with Crippen LogP contribution in [-0.2, 0) is 9.53 Å². The number of hydrogen-bond acceptors (Lipinski definition) is 4. The highest BCUT2D eigenvalue weighted by molar-refractivity contribution is 5.80. The minimum atomic E-state index is -0.585. The fraction of sp³-hybridized carbons (Fsp3) is 0.933. The van der Waals surface area contributed by atoms with Crippen molar-refractivity contribution in [3.8, 4) is 0 Å². The number of rotatable bonds is 6. The summed E-state index contributed by atoms with van der Waals surface area (Å²) < 4.78 is 5.23. The van der Waals surface area contributed by atoms with Gasteiger partial charge in [-0.25, -0.2) is 0 Å². The van der Waals surface area contributed by atoms with Crippen molar-refractivity contribution < 1.29 is 9.53 Å². The number of esters is 1. The molecule has 0 aromatic carbocycles. The van der Waals surface area contributed by atoms with E-state index in [1.165, 1.54) is 19.3 Å². The average Bonchev–Trinajstić information content (AvgIpc) is 2.55. The topological polar surface area (TPSA) is 41.6 Å². The molecular formula is C15H30N2O2. The molecule has 1 fully saturated rings. The Morgan fingerprint density at radius 1 is 1.37 bits per heavy atom. The first-order valence-corrected chi connectivity index (χ1v) is 7.66. The molecule has 0 radical (unpaired) electrons. The van der Waals surface area contributed by atoms with E-state index in [1.807, 2.05) is 20.8 Å². The second-order valence-corrected chi connectivity index (χ2v) is 5.90. The Hall–Kier alpha value is -0.610. The van der Waals surface area contributed by atoms with Gasteiger partial charge in [-0.3, -0.25) is 4.79 Å². The summed E-state index contributed by atoms with van der Waals surface area (Å²) in [5.41, 5.74) is -0.585. The average molecular weight is 270 g/mol. The van der Waals surface area contributed by atoms with Gasteiger partial charge in [0.1, 0.15) is 5.54 Å². The number of carbonyl (C=O) groups excluding carboxylic acids is 1. The minimum absolute atomic E-state index is 0.130. The summed E-state index contributed by atoms with van der Waals surface area (Å²) in [6.07, 6.45) is 3.76. The Labute approximate surface area is 117 Å². The third-order valence-corrected chi connectivity index (χ3v) is 3.94. The minimum Gasteiger partial charge on any atom is -0.465 e. The highest BCUT2D eigenvalue weighted by atomic mass is 16.5. The smallest absolute Gasteiger partial charge is 0.327 e. The maximum atomic E-state index is 12.2. The van der Waals surface area contributed by atoms with Crippen molar-refractivity contribution in [2.24, 2.45) is 5.92 Å². The lowest BCUT2D eigenvalue weighted by molar-refractivity contribution is -0.151. The monoisotopic (exact) mass is 270 g/mol. The number of ether oxygens (including phenoxy) is 1. The van der Waals surface area contributed by atoms with Crippen LogP contribution in [0.1, 0.15) is 47.0 Å². The van der Waals surface area contributed by atoms with E-state index in [-0.39, 0.29) is 5.97 Å². The number of likely N-dealkylation sites (N-methyl/N-ethyl adjacent to an activating group) is 1. The van der Waals surface area contributed by atoms with Gasteiger partial charge in [0.05, 0.1) is 6.61 Å². The molecule has 1 aliphatic heterocycles. The van der Waals surface area contributed by atoms with E-state index in [9.17, 15) is 4.79 Å². The van der Waals surface area contributed by atoms with E-state index < -0.39 is 5.54 Å². The van der Waals surface area contributed by atoms with Crippen LogP contribution in [0.2, 0.25) is 0 Å². The van der Waals surface area contributed by atoms with Crippen molar-refractivity contribution in [2.45, 2.75) is 52.5 Å². The maximum absolute atomic E-state index is 12.2. The van der Waals surface area contributed by atoms with Crippen molar-refractivity contribution in [1.29, 1.82) is 0 Å². The molecular weight excluding hydrogens is 240 g/mol. The highest BCUT2D eigenvalue weighted by Gasteiger charge is 2.36. The van der Waals surface area contributed by atoms with Crippen LogP contribution in [0.3, 0.4) is 0 Å². The van der Waals surface area contributed by atoms with E-state index in [0.29, 0.717) is 6.61 Å². The molecule has 0 aromatic heterocycles. The van der Waals surface area contributed by atoms with Gasteiger partial charge in [0.25, 0.3) is 0 Å². The molecule has 2 atom stereocenters. The largest absolute Gasteiger partial charge is 0.465 e. The van der Waals surface area contributed by atoms with E-state index in [4.69, 9.17) is 4.74 Å². The second-order valence-electron chi connectivity index (χ2n) is 5.90. The van der Waals surface area contributed by atoms with E-state index in [0.717, 1.165) is 32.1 Å². The molecule has 0 amide bonds. The van der Waals surface area contributed by atoms with Crippen molar-refractivity contribution in [3.05, 3.63) is 0 Å². The summed E-state index contributed by atoms with van der Waals surface area (Å²) in [5.74, 6) is 0.673. The normalized spacial score (nSPS) is 24.5. The molecule has 1 rings (SSSR count). The van der Waals surface area contributed by atoms with Gasteiger partial charge < -0.3 is 15.0 Å². The summed E-state index contributed by atoms with van der Waals surface area (Å²) in [5, 5.41) is 3.31. The number of hydrogen-bond donors (Lipinski definition) is 1. The first-order valence-electron chi connectivity index (χ1n) is 7.66. The van der Waals surface area contributed by atoms with E-state index in [2.05, 4.69) is 17.1 Å². The van der Waals surface area contributed by atoms with Crippen molar-refractivity contribution in [3.63, 3.8) is 0 Å². The van der Waals surface area contributed by atoms with E-state index in [1.54, 1.807) is 0 Å². The molecule has 0 aliphatic carbocycles. The fourth-order valence-electron chi connectivity index (χ4n) is 2.80. The zero-order valence-electron chi connectivity index (χ0n) is 13.0. The van der Waals surface area contributed by atoms with Crippen LogP contribution in [0.4, 0.5) is 0 Å². The number of nitrogens with zero attached hydrogens (tertiary/aromatic N) is 1. The lowest BCUT2D eigenvalue weighted by atomic mass is 10.0. The van der Waals surface area contributed by atoms with E-state index >= 15 is 0 Å². The van der Waals surface area contributed by atoms with Gasteiger partial charge in [-0.05, 0) is 58.7 Å². The van der Waals surface area contributed by atoms with Gasteiger partial charge in [0.2, 0.25) is 0 Å². The van der Waals surface area contributed by atoms with Crippen LogP contribution in [-0.4, -0.2) is 49.2 Å². The van der Waals surface area contributed by atoms with Gasteiger partial charge in [-0.15, -0.1) is 0 Å². The molecule has 1 saturated heterocycles. The SMILES string of the molecule is CCNC(C)(CN1CCCC(C)CC1)C(=O)OCC. The van der Waals surface area contributed by atoms with Crippen LogP contribution < -0.4 is 5.32 Å². The molecule has 19 heavy (non-hydrogen) atoms. The molecule has 0 saturated carbocycles. The summed E-state index contributed by atoms with van der Waals surface area (Å²) in [6.45, 7) is 12.3. The van der Waals surface area contributed by atoms with Crippen molar-refractivity contribution in [1.82, 2.24) is 10.2 Å². The van der Waals surface area contributed by atoms with Crippen LogP contribution in [0.15, 0.2) is 0 Å². The first kappa shape index (κ1) is 16.4. The van der Waals surface area contributed by atoms with Gasteiger partial charge in [-0.2, -0.15) is 0 Å². The fourth-order valence-corrected chi connectivity index (χ4v) is 2.80. The quantitative estimate of drug-likeness (QED) is 0.750. The van der Waals surface area contributed by atoms with Crippen LogP contribution in [0.5, 0.6) is 0 Å². The Morgan fingerprint density at radius 2 is 2.11 bits per heavy atom. The second kappa shape index (κ2) is 7.85. The van der Waals surface area contributed by atoms with Crippen LogP contribution >= 0.6 is 0 Å².